The van der Waals surface area contributed by atoms with Crippen molar-refractivity contribution in [2.75, 3.05) is 32.3 Å². The lowest BCUT2D eigenvalue weighted by Gasteiger charge is -2.16. The molecule has 19 heavy (non-hydrogen) atoms. The molecular formula is C10H18N2O5S2. The second kappa shape index (κ2) is 9.93. The second-order valence-corrected chi connectivity index (χ2v) is 4.20. The Morgan fingerprint density at radius 1 is 1.00 bits per heavy atom. The number of rotatable bonds is 8. The maximum atomic E-state index is 11.6. The molecule has 2 N–H and O–H groups in total. The molecule has 9 heteroatoms. The number of carbonyl (C=O) groups is 3. The fourth-order valence-corrected chi connectivity index (χ4v) is 1.67. The third-order valence-electron chi connectivity index (χ3n) is 2.18. The molecule has 0 aliphatic carbocycles. The molecule has 0 aromatic heterocycles. The topological polar surface area (TPSA) is 93.7 Å². The summed E-state index contributed by atoms with van der Waals surface area (Å²) in [5, 5.41) is 5.09. The molecule has 2 unspecified atom stereocenters. The Kier molecular flexibility index (Phi) is 9.44. The van der Waals surface area contributed by atoms with Gasteiger partial charge in [-0.05, 0) is 0 Å². The molecule has 0 aromatic carbocycles. The van der Waals surface area contributed by atoms with E-state index in [-0.39, 0.29) is 18.1 Å². The van der Waals surface area contributed by atoms with Crippen LogP contribution in [0.25, 0.3) is 0 Å². The Morgan fingerprint density at radius 3 is 1.89 bits per heavy atom. The van der Waals surface area contributed by atoms with Crippen molar-refractivity contribution in [3.05, 3.63) is 0 Å². The van der Waals surface area contributed by atoms with Crippen molar-refractivity contribution in [3.63, 3.8) is 0 Å². The largest absolute Gasteiger partial charge is 0.468 e. The van der Waals surface area contributed by atoms with Crippen LogP contribution in [0.5, 0.6) is 0 Å². The zero-order valence-electron chi connectivity index (χ0n) is 10.7. The normalized spacial score (nSPS) is 13.3. The van der Waals surface area contributed by atoms with Crippen LogP contribution in [0.15, 0.2) is 0 Å². The van der Waals surface area contributed by atoms with Crippen molar-refractivity contribution in [2.45, 2.75) is 12.1 Å². The lowest BCUT2D eigenvalue weighted by molar-refractivity contribution is -0.145. The molecule has 0 heterocycles. The van der Waals surface area contributed by atoms with Gasteiger partial charge in [0.1, 0.15) is 12.1 Å². The zero-order valence-corrected chi connectivity index (χ0v) is 12.5. The van der Waals surface area contributed by atoms with Crippen LogP contribution in [0.1, 0.15) is 0 Å². The third-order valence-corrected chi connectivity index (χ3v) is 2.91. The van der Waals surface area contributed by atoms with Gasteiger partial charge in [0.15, 0.2) is 0 Å². The van der Waals surface area contributed by atoms with E-state index in [2.05, 4.69) is 45.4 Å². The first-order valence-electron chi connectivity index (χ1n) is 5.40. The first-order chi connectivity index (χ1) is 8.99. The fraction of sp³-hybridized carbons (Fsp3) is 0.700. The van der Waals surface area contributed by atoms with Crippen LogP contribution in [0.2, 0.25) is 0 Å². The summed E-state index contributed by atoms with van der Waals surface area (Å²) in [6.07, 6.45) is 0. The van der Waals surface area contributed by atoms with E-state index in [1.165, 1.54) is 14.2 Å². The molecule has 2 atom stereocenters. The van der Waals surface area contributed by atoms with Gasteiger partial charge in [0.2, 0.25) is 5.91 Å². The fourth-order valence-electron chi connectivity index (χ4n) is 1.15. The first-order valence-corrected chi connectivity index (χ1v) is 6.66. The number of esters is 2. The molecule has 1 amide bonds. The quantitative estimate of drug-likeness (QED) is 0.327. The van der Waals surface area contributed by atoms with Gasteiger partial charge in [0.05, 0.1) is 20.8 Å². The minimum Gasteiger partial charge on any atom is -0.468 e. The molecule has 110 valence electrons. The van der Waals surface area contributed by atoms with Crippen molar-refractivity contribution in [3.8, 4) is 0 Å². The summed E-state index contributed by atoms with van der Waals surface area (Å²) in [5.74, 6) is -1.25. The molecule has 0 aromatic rings. The molecule has 7 nitrogen and oxygen atoms in total. The van der Waals surface area contributed by atoms with Crippen LogP contribution in [-0.2, 0) is 23.9 Å². The molecule has 0 spiro atoms. The summed E-state index contributed by atoms with van der Waals surface area (Å²) in [6.45, 7) is -0.151. The number of hydrogen-bond donors (Lipinski definition) is 4. The molecule has 0 aliphatic heterocycles. The highest BCUT2D eigenvalue weighted by molar-refractivity contribution is 7.80. The molecule has 0 saturated heterocycles. The summed E-state index contributed by atoms with van der Waals surface area (Å²) >= 11 is 7.90. The van der Waals surface area contributed by atoms with Crippen LogP contribution in [0.3, 0.4) is 0 Å². The smallest absolute Gasteiger partial charge is 0.329 e. The van der Waals surface area contributed by atoms with Crippen LogP contribution in [0.4, 0.5) is 0 Å². The maximum Gasteiger partial charge on any atom is 0.329 e. The second-order valence-electron chi connectivity index (χ2n) is 3.47. The van der Waals surface area contributed by atoms with E-state index in [0.29, 0.717) is 0 Å². The monoisotopic (exact) mass is 310 g/mol. The lowest BCUT2D eigenvalue weighted by Crippen LogP contribution is -2.49. The molecule has 0 bridgehead atoms. The predicted octanol–water partition coefficient (Wildman–Crippen LogP) is -1.36. The summed E-state index contributed by atoms with van der Waals surface area (Å²) in [7, 11) is 2.46. The summed E-state index contributed by atoms with van der Waals surface area (Å²) in [6, 6.07) is -1.51. The number of hydrogen-bond acceptors (Lipinski definition) is 8. The predicted molar refractivity (Wildman–Crippen MR) is 75.5 cm³/mol. The number of ether oxygens (including phenoxy) is 2. The standard InChI is InChI=1S/C10H18N2O5S2/c1-16-9(14)6(4-18)11-3-8(13)12-7(5-19)10(15)17-2/h6-7,11,18-19H,3-5H2,1-2H3,(H,12,13). The Hall–Kier alpha value is -0.930. The van der Waals surface area contributed by atoms with E-state index < -0.39 is 29.9 Å². The molecule has 0 aliphatic rings. The summed E-state index contributed by atoms with van der Waals surface area (Å²) in [4.78, 5) is 34.0. The summed E-state index contributed by atoms with van der Waals surface area (Å²) < 4.78 is 9.02. The van der Waals surface area contributed by atoms with Crippen molar-refractivity contribution < 1.29 is 23.9 Å². The van der Waals surface area contributed by atoms with Gasteiger partial charge < -0.3 is 14.8 Å². The van der Waals surface area contributed by atoms with Crippen molar-refractivity contribution >= 4 is 43.1 Å². The van der Waals surface area contributed by atoms with Gasteiger partial charge in [-0.3, -0.25) is 14.9 Å². The van der Waals surface area contributed by atoms with Gasteiger partial charge in [-0.2, -0.15) is 25.3 Å². The van der Waals surface area contributed by atoms with Gasteiger partial charge in [-0.25, -0.2) is 4.79 Å². The van der Waals surface area contributed by atoms with Crippen molar-refractivity contribution in [1.29, 1.82) is 0 Å². The van der Waals surface area contributed by atoms with Gasteiger partial charge >= 0.3 is 11.9 Å². The highest BCUT2D eigenvalue weighted by atomic mass is 32.1. The Bertz CT molecular complexity index is 327. The van der Waals surface area contributed by atoms with Crippen LogP contribution in [-0.4, -0.2) is 62.2 Å². The van der Waals surface area contributed by atoms with E-state index in [9.17, 15) is 14.4 Å². The minimum absolute atomic E-state index is 0.116. The number of methoxy groups -OCH3 is 2. The Labute approximate surface area is 122 Å². The Morgan fingerprint density at radius 2 is 1.47 bits per heavy atom. The molecule has 0 fully saturated rings. The van der Waals surface area contributed by atoms with Crippen molar-refractivity contribution in [1.82, 2.24) is 10.6 Å². The molecule has 0 radical (unpaired) electrons. The summed E-state index contributed by atoms with van der Waals surface area (Å²) in [5.41, 5.74) is 0. The highest BCUT2D eigenvalue weighted by Gasteiger charge is 2.21. The van der Waals surface area contributed by atoms with E-state index in [1.807, 2.05) is 0 Å². The molecule has 0 rings (SSSR count). The van der Waals surface area contributed by atoms with Crippen LogP contribution >= 0.6 is 25.3 Å². The van der Waals surface area contributed by atoms with Gasteiger partial charge in [0, 0.05) is 11.5 Å². The zero-order chi connectivity index (χ0) is 14.8. The number of thiol groups is 2. The van der Waals surface area contributed by atoms with E-state index in [4.69, 9.17) is 0 Å². The van der Waals surface area contributed by atoms with Crippen LogP contribution in [0, 0.1) is 0 Å². The van der Waals surface area contributed by atoms with E-state index in [1.54, 1.807) is 0 Å². The van der Waals surface area contributed by atoms with E-state index >= 15 is 0 Å². The minimum atomic E-state index is -0.824. The first kappa shape index (κ1) is 18.1. The van der Waals surface area contributed by atoms with Gasteiger partial charge in [-0.1, -0.05) is 0 Å². The number of carbonyl (C=O) groups excluding carboxylic acids is 3. The number of nitrogens with one attached hydrogen (secondary N) is 2. The maximum absolute atomic E-state index is 11.6. The van der Waals surface area contributed by atoms with Gasteiger partial charge in [0.25, 0.3) is 0 Å². The molecular weight excluding hydrogens is 292 g/mol. The SMILES string of the molecule is COC(=O)C(CS)NCC(=O)NC(CS)C(=O)OC. The third kappa shape index (κ3) is 6.69. The average molecular weight is 310 g/mol. The lowest BCUT2D eigenvalue weighted by atomic mass is 10.3. The van der Waals surface area contributed by atoms with Gasteiger partial charge in [-0.15, -0.1) is 0 Å². The van der Waals surface area contributed by atoms with Crippen molar-refractivity contribution in [2.24, 2.45) is 0 Å². The average Bonchev–Trinajstić information content (AvgIpc) is 2.43. The Balaban J connectivity index is 4.23. The van der Waals surface area contributed by atoms with E-state index in [0.717, 1.165) is 0 Å². The highest BCUT2D eigenvalue weighted by Crippen LogP contribution is 1.93. The number of amides is 1. The molecule has 0 saturated carbocycles. The van der Waals surface area contributed by atoms with Crippen LogP contribution < -0.4 is 10.6 Å².